The van der Waals surface area contributed by atoms with Gasteiger partial charge >= 0.3 is 0 Å². The lowest BCUT2D eigenvalue weighted by Gasteiger charge is -2.12. The Hall–Kier alpha value is -0.803. The minimum absolute atomic E-state index is 0.471. The first kappa shape index (κ1) is 10.3. The quantitative estimate of drug-likeness (QED) is 0.649. The molecule has 0 aliphatic rings. The van der Waals surface area contributed by atoms with Gasteiger partial charge in [0, 0.05) is 26.4 Å². The molecule has 0 saturated heterocycles. The van der Waals surface area contributed by atoms with Crippen molar-refractivity contribution in [2.75, 3.05) is 25.6 Å². The molecule has 0 N–H and O–H groups in total. The average Bonchev–Trinajstić information content (AvgIpc) is 2.15. The molecule has 0 saturated carbocycles. The van der Waals surface area contributed by atoms with E-state index in [1.165, 1.54) is 10.9 Å². The second-order valence-corrected chi connectivity index (χ2v) is 4.71. The summed E-state index contributed by atoms with van der Waals surface area (Å²) in [7, 11) is 3.63. The molecule has 3 heteroatoms. The Labute approximate surface area is 82.5 Å². The fraction of sp³-hybridized carbons (Fsp3) is 0.400. The van der Waals surface area contributed by atoms with Crippen LogP contribution in [0.5, 0.6) is 0 Å². The zero-order valence-corrected chi connectivity index (χ0v) is 9.99. The highest BCUT2D eigenvalue weighted by atomic mass is 28.2. The first-order valence-corrected chi connectivity index (χ1v) is 5.86. The lowest BCUT2D eigenvalue weighted by atomic mass is 10.3. The van der Waals surface area contributed by atoms with Crippen LogP contribution in [0, 0.1) is 0 Å². The lowest BCUT2D eigenvalue weighted by molar-refractivity contribution is 0.367. The maximum Gasteiger partial charge on any atom is 0.192 e. The van der Waals surface area contributed by atoms with Gasteiger partial charge in [-0.15, -0.1) is 0 Å². The van der Waals surface area contributed by atoms with Gasteiger partial charge in [-0.2, -0.15) is 0 Å². The molecule has 0 aromatic heterocycles. The van der Waals surface area contributed by atoms with E-state index in [-0.39, 0.29) is 0 Å². The summed E-state index contributed by atoms with van der Waals surface area (Å²) in [6.45, 7) is 2.88. The highest BCUT2D eigenvalue weighted by Crippen LogP contribution is 2.06. The first-order valence-electron chi connectivity index (χ1n) is 4.58. The smallest absolute Gasteiger partial charge is 0.192 e. The van der Waals surface area contributed by atoms with Crippen LogP contribution >= 0.6 is 0 Å². The Bertz CT molecular complexity index is 246. The van der Waals surface area contributed by atoms with E-state index < -0.39 is 9.76 Å². The van der Waals surface area contributed by atoms with Crippen LogP contribution in [0.1, 0.15) is 6.92 Å². The third kappa shape index (κ3) is 3.20. The SMILES string of the molecule is CCO[SiH2]c1ccc(N(C)C)cc1. The summed E-state index contributed by atoms with van der Waals surface area (Å²) in [5.74, 6) is 0. The van der Waals surface area contributed by atoms with Crippen LogP contribution in [0.4, 0.5) is 5.69 Å². The molecule has 2 nitrogen and oxygen atoms in total. The van der Waals surface area contributed by atoms with Crippen molar-refractivity contribution in [1.82, 2.24) is 0 Å². The van der Waals surface area contributed by atoms with E-state index in [9.17, 15) is 0 Å². The predicted octanol–water partition coefficient (Wildman–Crippen LogP) is 0.498. The van der Waals surface area contributed by atoms with Crippen molar-refractivity contribution in [3.63, 3.8) is 0 Å². The van der Waals surface area contributed by atoms with Crippen LogP contribution in [-0.2, 0) is 4.43 Å². The van der Waals surface area contributed by atoms with Crippen molar-refractivity contribution >= 4 is 20.6 Å². The van der Waals surface area contributed by atoms with Gasteiger partial charge in [-0.25, -0.2) is 0 Å². The van der Waals surface area contributed by atoms with Crippen LogP contribution in [0.15, 0.2) is 24.3 Å². The Kier molecular flexibility index (Phi) is 3.99. The molecule has 13 heavy (non-hydrogen) atoms. The number of benzene rings is 1. The van der Waals surface area contributed by atoms with Gasteiger partial charge in [0.2, 0.25) is 0 Å². The molecule has 1 rings (SSSR count). The number of nitrogens with zero attached hydrogens (tertiary/aromatic N) is 1. The Morgan fingerprint density at radius 1 is 1.23 bits per heavy atom. The second kappa shape index (κ2) is 5.04. The van der Waals surface area contributed by atoms with E-state index >= 15 is 0 Å². The minimum atomic E-state index is -0.471. The van der Waals surface area contributed by atoms with Gasteiger partial charge in [0.05, 0.1) is 0 Å². The Balaban J connectivity index is 2.59. The van der Waals surface area contributed by atoms with E-state index in [0.29, 0.717) is 0 Å². The molecule has 1 aromatic carbocycles. The summed E-state index contributed by atoms with van der Waals surface area (Å²) >= 11 is 0. The van der Waals surface area contributed by atoms with Gasteiger partial charge in [0.1, 0.15) is 0 Å². The largest absolute Gasteiger partial charge is 0.419 e. The van der Waals surface area contributed by atoms with Crippen molar-refractivity contribution < 1.29 is 4.43 Å². The third-order valence-electron chi connectivity index (χ3n) is 1.93. The summed E-state index contributed by atoms with van der Waals surface area (Å²) in [5.41, 5.74) is 1.24. The second-order valence-electron chi connectivity index (χ2n) is 3.20. The Morgan fingerprint density at radius 2 is 1.85 bits per heavy atom. The monoisotopic (exact) mass is 195 g/mol. The zero-order chi connectivity index (χ0) is 9.68. The molecule has 0 fully saturated rings. The molecule has 1 aromatic rings. The summed E-state index contributed by atoms with van der Waals surface area (Å²) in [4.78, 5) is 2.10. The van der Waals surface area contributed by atoms with E-state index in [2.05, 4.69) is 43.3 Å². The molecule has 0 spiro atoms. The summed E-state index contributed by atoms with van der Waals surface area (Å²) in [6.07, 6.45) is 0. The molecule has 0 radical (unpaired) electrons. The van der Waals surface area contributed by atoms with Crippen LogP contribution in [-0.4, -0.2) is 30.5 Å². The van der Waals surface area contributed by atoms with E-state index in [1.807, 2.05) is 6.92 Å². The fourth-order valence-corrected chi connectivity index (χ4v) is 1.98. The maximum absolute atomic E-state index is 5.45. The molecule has 0 amide bonds. The van der Waals surface area contributed by atoms with E-state index in [1.54, 1.807) is 0 Å². The van der Waals surface area contributed by atoms with Gasteiger partial charge in [0.15, 0.2) is 9.76 Å². The van der Waals surface area contributed by atoms with E-state index in [4.69, 9.17) is 4.43 Å². The van der Waals surface area contributed by atoms with Gasteiger partial charge in [-0.3, -0.25) is 0 Å². The Morgan fingerprint density at radius 3 is 2.31 bits per heavy atom. The highest BCUT2D eigenvalue weighted by molar-refractivity contribution is 6.46. The fourth-order valence-electron chi connectivity index (χ4n) is 1.11. The molecular weight excluding hydrogens is 178 g/mol. The van der Waals surface area contributed by atoms with Crippen molar-refractivity contribution in [2.45, 2.75) is 6.92 Å². The minimum Gasteiger partial charge on any atom is -0.419 e. The number of rotatable bonds is 4. The number of hydrogen-bond donors (Lipinski definition) is 0. The zero-order valence-electron chi connectivity index (χ0n) is 8.58. The van der Waals surface area contributed by atoms with Gasteiger partial charge < -0.3 is 9.33 Å². The van der Waals surface area contributed by atoms with Crippen LogP contribution < -0.4 is 10.1 Å². The third-order valence-corrected chi connectivity index (χ3v) is 3.34. The van der Waals surface area contributed by atoms with Gasteiger partial charge in [-0.05, 0) is 24.2 Å². The summed E-state index contributed by atoms with van der Waals surface area (Å²) in [6, 6.07) is 8.61. The van der Waals surface area contributed by atoms with Gasteiger partial charge in [-0.1, -0.05) is 12.1 Å². The van der Waals surface area contributed by atoms with Crippen molar-refractivity contribution in [3.05, 3.63) is 24.3 Å². The summed E-state index contributed by atoms with van der Waals surface area (Å²) in [5, 5.41) is 1.37. The van der Waals surface area contributed by atoms with Crippen LogP contribution in [0.25, 0.3) is 0 Å². The molecule has 0 aliphatic heterocycles. The van der Waals surface area contributed by atoms with Crippen LogP contribution in [0.3, 0.4) is 0 Å². The molecule has 0 heterocycles. The van der Waals surface area contributed by atoms with Crippen molar-refractivity contribution in [3.8, 4) is 0 Å². The first-order chi connectivity index (χ1) is 6.24. The van der Waals surface area contributed by atoms with Crippen molar-refractivity contribution in [2.24, 2.45) is 0 Å². The predicted molar refractivity (Wildman–Crippen MR) is 60.6 cm³/mol. The van der Waals surface area contributed by atoms with Crippen molar-refractivity contribution in [1.29, 1.82) is 0 Å². The molecule has 72 valence electrons. The average molecular weight is 195 g/mol. The number of hydrogen-bond acceptors (Lipinski definition) is 2. The normalized spacial score (nSPS) is 11.0. The molecular formula is C10H17NOSi. The molecule has 0 unspecified atom stereocenters. The summed E-state index contributed by atoms with van der Waals surface area (Å²) < 4.78 is 5.45. The molecule has 0 atom stereocenters. The van der Waals surface area contributed by atoms with Crippen LogP contribution in [0.2, 0.25) is 0 Å². The molecule has 0 bridgehead atoms. The van der Waals surface area contributed by atoms with E-state index in [0.717, 1.165) is 6.61 Å². The number of anilines is 1. The topological polar surface area (TPSA) is 12.5 Å². The van der Waals surface area contributed by atoms with Gasteiger partial charge in [0.25, 0.3) is 0 Å². The molecule has 0 aliphatic carbocycles. The standard InChI is InChI=1S/C10H17NOSi/c1-4-12-13-10-7-5-9(6-8-10)11(2)3/h5-8H,4,13H2,1-3H3. The lowest BCUT2D eigenvalue weighted by Crippen LogP contribution is -2.18. The highest BCUT2D eigenvalue weighted by Gasteiger charge is 1.96. The maximum atomic E-state index is 5.45.